The van der Waals surface area contributed by atoms with Gasteiger partial charge in [0.1, 0.15) is 5.75 Å². The number of aryl methyl sites for hydroxylation is 1. The minimum atomic E-state index is -4.98. The van der Waals surface area contributed by atoms with E-state index in [1.54, 1.807) is 12.1 Å². The molecule has 1 atom stereocenters. The van der Waals surface area contributed by atoms with Gasteiger partial charge >= 0.3 is 7.91 Å². The van der Waals surface area contributed by atoms with Crippen LogP contribution in [-0.2, 0) is 4.57 Å². The lowest BCUT2D eigenvalue weighted by atomic mass is 9.83. The molecule has 5 heteroatoms. The van der Waals surface area contributed by atoms with Crippen LogP contribution in [0, 0.1) is 6.92 Å². The molecule has 1 unspecified atom stereocenters. The van der Waals surface area contributed by atoms with Crippen LogP contribution in [0.3, 0.4) is 0 Å². The maximum atomic E-state index is 12.8. The van der Waals surface area contributed by atoms with Crippen LogP contribution in [0.15, 0.2) is 18.2 Å². The summed E-state index contributed by atoms with van der Waals surface area (Å²) < 4.78 is 28.2. The molecule has 1 fully saturated rings. The molecule has 1 aliphatic rings. The second kappa shape index (κ2) is 5.41. The predicted octanol–water partition coefficient (Wildman–Crippen LogP) is 4.49. The lowest BCUT2D eigenvalue weighted by molar-refractivity contribution is 0.326. The highest BCUT2D eigenvalue weighted by Crippen LogP contribution is 2.47. The van der Waals surface area contributed by atoms with Gasteiger partial charge in [0, 0.05) is 0 Å². The van der Waals surface area contributed by atoms with Crippen LogP contribution in [0.4, 0.5) is 4.20 Å². The molecule has 0 bridgehead atoms. The Morgan fingerprint density at radius 2 is 2.00 bits per heavy atom. The summed E-state index contributed by atoms with van der Waals surface area (Å²) in [7, 11) is -4.98. The van der Waals surface area contributed by atoms with E-state index in [9.17, 15) is 8.76 Å². The van der Waals surface area contributed by atoms with Crippen molar-refractivity contribution in [2.75, 3.05) is 0 Å². The lowest BCUT2D eigenvalue weighted by Gasteiger charge is -2.24. The molecule has 0 spiro atoms. The first-order chi connectivity index (χ1) is 8.46. The fourth-order valence-electron chi connectivity index (χ4n) is 2.60. The van der Waals surface area contributed by atoms with Crippen molar-refractivity contribution in [2.24, 2.45) is 0 Å². The molecule has 1 aliphatic carbocycles. The van der Waals surface area contributed by atoms with E-state index in [-0.39, 0.29) is 5.75 Å². The first kappa shape index (κ1) is 13.6. The largest absolute Gasteiger partial charge is 0.567 e. The van der Waals surface area contributed by atoms with E-state index in [0.29, 0.717) is 5.92 Å². The quantitative estimate of drug-likeness (QED) is 0.824. The van der Waals surface area contributed by atoms with E-state index in [0.717, 1.165) is 36.8 Å². The van der Waals surface area contributed by atoms with Crippen molar-refractivity contribution in [1.82, 2.24) is 0 Å². The van der Waals surface area contributed by atoms with Gasteiger partial charge in [-0.05, 0) is 37.3 Å². The van der Waals surface area contributed by atoms with Gasteiger partial charge in [-0.2, -0.15) is 0 Å². The average Bonchev–Trinajstić information content (AvgIpc) is 2.31. The van der Waals surface area contributed by atoms with Crippen LogP contribution in [0.5, 0.6) is 5.75 Å². The molecule has 0 saturated heterocycles. The molecule has 100 valence electrons. The van der Waals surface area contributed by atoms with Crippen molar-refractivity contribution >= 4 is 7.91 Å². The first-order valence-electron chi connectivity index (χ1n) is 6.28. The highest BCUT2D eigenvalue weighted by Gasteiger charge is 2.25. The van der Waals surface area contributed by atoms with Gasteiger partial charge in [0.15, 0.2) is 0 Å². The van der Waals surface area contributed by atoms with Crippen LogP contribution < -0.4 is 4.52 Å². The Kier molecular flexibility index (Phi) is 4.08. The molecule has 0 heterocycles. The summed E-state index contributed by atoms with van der Waals surface area (Å²) in [5.74, 6) is 0.515. The highest BCUT2D eigenvalue weighted by atomic mass is 31.2. The van der Waals surface area contributed by atoms with Crippen molar-refractivity contribution in [1.29, 1.82) is 0 Å². The molecule has 3 nitrogen and oxygen atoms in total. The molecule has 18 heavy (non-hydrogen) atoms. The average molecular weight is 272 g/mol. The SMILES string of the molecule is Cc1ccc(OP(=O)(O)F)c(C2CCCCC2)c1. The zero-order valence-corrected chi connectivity index (χ0v) is 11.3. The summed E-state index contributed by atoms with van der Waals surface area (Å²) in [6.45, 7) is 1.95. The fraction of sp³-hybridized carbons (Fsp3) is 0.538. The van der Waals surface area contributed by atoms with Gasteiger partial charge in [0.05, 0.1) is 0 Å². The minimum absolute atomic E-state index is 0.209. The van der Waals surface area contributed by atoms with Gasteiger partial charge in [0.2, 0.25) is 0 Å². The summed E-state index contributed by atoms with van der Waals surface area (Å²) in [5, 5.41) is 0. The number of halogens is 1. The predicted molar refractivity (Wildman–Crippen MR) is 68.6 cm³/mol. The van der Waals surface area contributed by atoms with E-state index in [1.807, 2.05) is 13.0 Å². The van der Waals surface area contributed by atoms with Crippen LogP contribution >= 0.6 is 7.91 Å². The molecule has 0 amide bonds. The fourth-order valence-corrected chi connectivity index (χ4v) is 3.01. The zero-order valence-electron chi connectivity index (χ0n) is 10.4. The molecule has 1 saturated carbocycles. The zero-order chi connectivity index (χ0) is 13.2. The van der Waals surface area contributed by atoms with Gasteiger partial charge in [-0.1, -0.05) is 37.0 Å². The standard InChI is InChI=1S/C13H18FO3P/c1-10-7-8-13(17-18(14,15)16)12(9-10)11-5-3-2-4-6-11/h7-9,11H,2-6H2,1H3,(H,15,16). The van der Waals surface area contributed by atoms with Crippen molar-refractivity contribution in [2.45, 2.75) is 44.9 Å². The Morgan fingerprint density at radius 1 is 1.33 bits per heavy atom. The van der Waals surface area contributed by atoms with Crippen LogP contribution in [0.25, 0.3) is 0 Å². The molecule has 1 aromatic carbocycles. The van der Waals surface area contributed by atoms with Gasteiger partial charge in [-0.15, -0.1) is 4.20 Å². The van der Waals surface area contributed by atoms with Gasteiger partial charge < -0.3 is 4.52 Å². The van der Waals surface area contributed by atoms with Gasteiger partial charge in [-0.25, -0.2) is 4.57 Å². The minimum Gasteiger partial charge on any atom is -0.401 e. The smallest absolute Gasteiger partial charge is 0.401 e. The van der Waals surface area contributed by atoms with Crippen LogP contribution in [0.2, 0.25) is 0 Å². The normalized spacial score (nSPS) is 20.4. The summed E-state index contributed by atoms with van der Waals surface area (Å²) >= 11 is 0. The van der Waals surface area contributed by atoms with E-state index >= 15 is 0 Å². The Labute approximate surface area is 107 Å². The third-order valence-corrected chi connectivity index (χ3v) is 3.84. The molecular formula is C13H18FO3P. The van der Waals surface area contributed by atoms with Gasteiger partial charge in [0.25, 0.3) is 0 Å². The van der Waals surface area contributed by atoms with Crippen LogP contribution in [0.1, 0.15) is 49.1 Å². The number of benzene rings is 1. The second-order valence-corrected chi connectivity index (χ2v) is 6.00. The number of hydrogen-bond acceptors (Lipinski definition) is 2. The van der Waals surface area contributed by atoms with Crippen LogP contribution in [-0.4, -0.2) is 4.89 Å². The molecule has 0 radical (unpaired) electrons. The van der Waals surface area contributed by atoms with Crippen molar-refractivity contribution in [3.8, 4) is 5.75 Å². The molecule has 2 rings (SSSR count). The molecule has 0 aliphatic heterocycles. The Morgan fingerprint density at radius 3 is 2.61 bits per heavy atom. The van der Waals surface area contributed by atoms with E-state index in [4.69, 9.17) is 4.89 Å². The summed E-state index contributed by atoms with van der Waals surface area (Å²) in [5.41, 5.74) is 1.91. The lowest BCUT2D eigenvalue weighted by Crippen LogP contribution is -2.06. The molecule has 1 aromatic rings. The summed E-state index contributed by atoms with van der Waals surface area (Å²) in [6, 6.07) is 5.28. The highest BCUT2D eigenvalue weighted by molar-refractivity contribution is 7.47. The van der Waals surface area contributed by atoms with Crippen molar-refractivity contribution in [3.05, 3.63) is 29.3 Å². The Balaban J connectivity index is 2.30. The monoisotopic (exact) mass is 272 g/mol. The van der Waals surface area contributed by atoms with Gasteiger partial charge in [-0.3, -0.25) is 4.89 Å². The third-order valence-electron chi connectivity index (χ3n) is 3.42. The second-order valence-electron chi connectivity index (χ2n) is 4.92. The third kappa shape index (κ3) is 3.56. The molecular weight excluding hydrogens is 254 g/mol. The van der Waals surface area contributed by atoms with E-state index in [1.165, 1.54) is 6.42 Å². The van der Waals surface area contributed by atoms with Crippen molar-refractivity contribution in [3.63, 3.8) is 0 Å². The first-order valence-corrected chi connectivity index (χ1v) is 7.75. The maximum Gasteiger partial charge on any atom is 0.567 e. The topological polar surface area (TPSA) is 46.5 Å². The van der Waals surface area contributed by atoms with E-state index in [2.05, 4.69) is 4.52 Å². The molecule has 1 N–H and O–H groups in total. The summed E-state index contributed by atoms with van der Waals surface area (Å²) in [4.78, 5) is 8.73. The molecule has 0 aromatic heterocycles. The number of hydrogen-bond donors (Lipinski definition) is 1. The Hall–Kier alpha value is -0.860. The van der Waals surface area contributed by atoms with E-state index < -0.39 is 7.91 Å². The Bertz CT molecular complexity index is 463. The summed E-state index contributed by atoms with van der Waals surface area (Å²) in [6.07, 6.45) is 5.57. The van der Waals surface area contributed by atoms with Crippen molar-refractivity contribution < 1.29 is 18.2 Å². The number of rotatable bonds is 3. The maximum absolute atomic E-state index is 12.8.